The van der Waals surface area contributed by atoms with Gasteiger partial charge >= 0.3 is 0 Å². The van der Waals surface area contributed by atoms with E-state index in [2.05, 4.69) is 32.0 Å². The number of ether oxygens (including phenoxy) is 1. The van der Waals surface area contributed by atoms with E-state index < -0.39 is 0 Å². The number of aryl methyl sites for hydroxylation is 2. The second kappa shape index (κ2) is 7.36. The van der Waals surface area contributed by atoms with Crippen molar-refractivity contribution in [3.8, 4) is 5.75 Å². The molecule has 0 bridgehead atoms. The normalized spacial score (nSPS) is 10.6. The summed E-state index contributed by atoms with van der Waals surface area (Å²) in [5, 5.41) is 0. The van der Waals surface area contributed by atoms with Crippen molar-refractivity contribution in [1.29, 1.82) is 0 Å². The highest BCUT2D eigenvalue weighted by Gasteiger charge is 1.99. The lowest BCUT2D eigenvalue weighted by molar-refractivity contribution is 0.344. The van der Waals surface area contributed by atoms with Crippen LogP contribution in [0.15, 0.2) is 47.4 Å². The molecule has 0 aliphatic heterocycles. The number of hydrogen-bond acceptors (Lipinski definition) is 3. The number of hydrogen-bond donors (Lipinski definition) is 1. The smallest absolute Gasteiger partial charge is 0.119 e. The van der Waals surface area contributed by atoms with Gasteiger partial charge in [0.05, 0.1) is 6.61 Å². The molecular formula is C17H21NOS. The fourth-order valence-corrected chi connectivity index (χ4v) is 2.67. The van der Waals surface area contributed by atoms with E-state index >= 15 is 0 Å². The van der Waals surface area contributed by atoms with Crippen molar-refractivity contribution in [2.24, 2.45) is 5.73 Å². The maximum absolute atomic E-state index is 5.72. The molecule has 0 aromatic heterocycles. The van der Waals surface area contributed by atoms with E-state index in [1.165, 1.54) is 16.0 Å². The molecule has 2 aromatic carbocycles. The van der Waals surface area contributed by atoms with Gasteiger partial charge in [0.2, 0.25) is 0 Å². The predicted molar refractivity (Wildman–Crippen MR) is 86.5 cm³/mol. The molecule has 3 heteroatoms. The summed E-state index contributed by atoms with van der Waals surface area (Å²) >= 11 is 1.83. The lowest BCUT2D eigenvalue weighted by atomic mass is 10.1. The van der Waals surface area contributed by atoms with Crippen LogP contribution in [-0.4, -0.2) is 12.4 Å². The zero-order valence-corrected chi connectivity index (χ0v) is 12.9. The van der Waals surface area contributed by atoms with Crippen LogP contribution < -0.4 is 10.5 Å². The van der Waals surface area contributed by atoms with Gasteiger partial charge < -0.3 is 10.5 Å². The quantitative estimate of drug-likeness (QED) is 0.646. The zero-order valence-electron chi connectivity index (χ0n) is 12.1. The van der Waals surface area contributed by atoms with Crippen molar-refractivity contribution in [1.82, 2.24) is 0 Å². The molecule has 106 valence electrons. The summed E-state index contributed by atoms with van der Waals surface area (Å²) in [5.41, 5.74) is 9.37. The van der Waals surface area contributed by atoms with E-state index in [4.69, 9.17) is 10.5 Å². The molecule has 2 N–H and O–H groups in total. The van der Waals surface area contributed by atoms with E-state index in [-0.39, 0.29) is 0 Å². The molecule has 0 aliphatic rings. The molecule has 0 amide bonds. The van der Waals surface area contributed by atoms with Crippen molar-refractivity contribution >= 4 is 11.8 Å². The van der Waals surface area contributed by atoms with Gasteiger partial charge in [0.25, 0.3) is 0 Å². The molecule has 0 heterocycles. The van der Waals surface area contributed by atoms with Gasteiger partial charge in [-0.25, -0.2) is 0 Å². The fourth-order valence-electron chi connectivity index (χ4n) is 1.84. The van der Waals surface area contributed by atoms with E-state index in [0.29, 0.717) is 13.2 Å². The van der Waals surface area contributed by atoms with Gasteiger partial charge in [-0.05, 0) is 54.8 Å². The van der Waals surface area contributed by atoms with Gasteiger partial charge in [0, 0.05) is 17.2 Å². The summed E-state index contributed by atoms with van der Waals surface area (Å²) in [6.07, 6.45) is 0. The molecule has 0 radical (unpaired) electrons. The van der Waals surface area contributed by atoms with Crippen molar-refractivity contribution < 1.29 is 4.74 Å². The van der Waals surface area contributed by atoms with Crippen molar-refractivity contribution in [2.45, 2.75) is 25.3 Å². The first kappa shape index (κ1) is 14.9. The van der Waals surface area contributed by atoms with E-state index in [9.17, 15) is 0 Å². The molecule has 0 aliphatic carbocycles. The summed E-state index contributed by atoms with van der Waals surface area (Å²) in [7, 11) is 0. The molecule has 0 saturated carbocycles. The first-order valence-electron chi connectivity index (χ1n) is 6.81. The minimum absolute atomic E-state index is 0.572. The van der Waals surface area contributed by atoms with Gasteiger partial charge in [-0.1, -0.05) is 18.2 Å². The third-order valence-electron chi connectivity index (χ3n) is 3.26. The maximum atomic E-state index is 5.72. The van der Waals surface area contributed by atoms with Crippen LogP contribution in [0.2, 0.25) is 0 Å². The molecule has 0 atom stereocenters. The minimum atomic E-state index is 0.572. The van der Waals surface area contributed by atoms with E-state index in [1.54, 1.807) is 0 Å². The molecular weight excluding hydrogens is 266 g/mol. The molecule has 20 heavy (non-hydrogen) atoms. The summed E-state index contributed by atoms with van der Waals surface area (Å²) in [5.74, 6) is 1.85. The highest BCUT2D eigenvalue weighted by atomic mass is 32.2. The van der Waals surface area contributed by atoms with Crippen molar-refractivity contribution in [3.05, 3.63) is 59.2 Å². The van der Waals surface area contributed by atoms with Crippen LogP contribution >= 0.6 is 11.8 Å². The Bertz CT molecular complexity index is 551. The van der Waals surface area contributed by atoms with Crippen LogP contribution in [0.5, 0.6) is 5.75 Å². The highest BCUT2D eigenvalue weighted by Crippen LogP contribution is 2.21. The van der Waals surface area contributed by atoms with Crippen LogP contribution in [0.25, 0.3) is 0 Å². The average Bonchev–Trinajstić information content (AvgIpc) is 2.48. The first-order valence-corrected chi connectivity index (χ1v) is 7.79. The summed E-state index contributed by atoms with van der Waals surface area (Å²) in [6.45, 7) is 5.56. The Labute approximate surface area is 125 Å². The van der Waals surface area contributed by atoms with Gasteiger partial charge in [0.15, 0.2) is 0 Å². The molecule has 2 nitrogen and oxygen atoms in total. The topological polar surface area (TPSA) is 35.2 Å². The second-order valence-electron chi connectivity index (χ2n) is 4.79. The largest absolute Gasteiger partial charge is 0.493 e. The monoisotopic (exact) mass is 287 g/mol. The maximum Gasteiger partial charge on any atom is 0.119 e. The Balaban J connectivity index is 1.76. The van der Waals surface area contributed by atoms with Crippen LogP contribution in [0.3, 0.4) is 0 Å². The minimum Gasteiger partial charge on any atom is -0.493 e. The van der Waals surface area contributed by atoms with E-state index in [0.717, 1.165) is 17.1 Å². The van der Waals surface area contributed by atoms with Gasteiger partial charge in [-0.15, -0.1) is 11.8 Å². The Morgan fingerprint density at radius 2 is 1.75 bits per heavy atom. The lowest BCUT2D eigenvalue weighted by Crippen LogP contribution is -2.01. The number of thioether (sulfide) groups is 1. The Morgan fingerprint density at radius 3 is 2.40 bits per heavy atom. The van der Waals surface area contributed by atoms with Gasteiger partial charge in [-0.3, -0.25) is 0 Å². The van der Waals surface area contributed by atoms with Crippen LogP contribution in [0.1, 0.15) is 16.7 Å². The molecule has 0 spiro atoms. The standard InChI is InChI=1S/C17H21NOS/c1-13-3-8-17(11-14(13)2)20-10-9-19-16-6-4-15(12-18)5-7-16/h3-8,11H,9-10,12,18H2,1-2H3. The number of nitrogens with two attached hydrogens (primary N) is 1. The predicted octanol–water partition coefficient (Wildman–Crippen LogP) is 3.93. The number of benzene rings is 2. The Hall–Kier alpha value is -1.45. The van der Waals surface area contributed by atoms with Crippen LogP contribution in [0.4, 0.5) is 0 Å². The second-order valence-corrected chi connectivity index (χ2v) is 5.96. The molecule has 0 fully saturated rings. The SMILES string of the molecule is Cc1ccc(SCCOc2ccc(CN)cc2)cc1C. The lowest BCUT2D eigenvalue weighted by Gasteiger charge is -2.08. The third kappa shape index (κ3) is 4.29. The summed E-state index contributed by atoms with van der Waals surface area (Å²) < 4.78 is 5.72. The van der Waals surface area contributed by atoms with Crippen molar-refractivity contribution in [3.63, 3.8) is 0 Å². The average molecular weight is 287 g/mol. The summed E-state index contributed by atoms with van der Waals surface area (Å²) in [6, 6.07) is 14.5. The molecule has 0 saturated heterocycles. The van der Waals surface area contributed by atoms with E-state index in [1.807, 2.05) is 36.0 Å². The first-order chi connectivity index (χ1) is 9.69. The van der Waals surface area contributed by atoms with Crippen LogP contribution in [0, 0.1) is 13.8 Å². The Morgan fingerprint density at radius 1 is 1.00 bits per heavy atom. The third-order valence-corrected chi connectivity index (χ3v) is 4.22. The fraction of sp³-hybridized carbons (Fsp3) is 0.294. The zero-order chi connectivity index (χ0) is 14.4. The summed E-state index contributed by atoms with van der Waals surface area (Å²) in [4.78, 5) is 1.30. The number of rotatable bonds is 6. The highest BCUT2D eigenvalue weighted by molar-refractivity contribution is 7.99. The van der Waals surface area contributed by atoms with Crippen LogP contribution in [-0.2, 0) is 6.54 Å². The Kier molecular flexibility index (Phi) is 5.50. The molecule has 2 aromatic rings. The molecule has 0 unspecified atom stereocenters. The van der Waals surface area contributed by atoms with Gasteiger partial charge in [0.1, 0.15) is 5.75 Å². The molecule has 2 rings (SSSR count). The van der Waals surface area contributed by atoms with Crippen molar-refractivity contribution in [2.75, 3.05) is 12.4 Å². The van der Waals surface area contributed by atoms with Gasteiger partial charge in [-0.2, -0.15) is 0 Å².